The SMILES string of the molecule is CC(Oc1ccc(/C=N/NC(=O)c2cc(Br)c(O)c(Br)c2)cc1)C(=O)O. The van der Waals surface area contributed by atoms with E-state index >= 15 is 0 Å². The molecular weight excluding hydrogens is 472 g/mol. The van der Waals surface area contributed by atoms with E-state index in [0.29, 0.717) is 25.8 Å². The molecule has 1 amide bonds. The van der Waals surface area contributed by atoms with Crippen LogP contribution in [0, 0.1) is 0 Å². The Labute approximate surface area is 165 Å². The van der Waals surface area contributed by atoms with Gasteiger partial charge in [-0.3, -0.25) is 4.79 Å². The van der Waals surface area contributed by atoms with E-state index in [2.05, 4.69) is 42.4 Å². The molecule has 1 unspecified atom stereocenters. The number of benzene rings is 2. The van der Waals surface area contributed by atoms with Crippen molar-refractivity contribution in [2.24, 2.45) is 5.10 Å². The van der Waals surface area contributed by atoms with Crippen LogP contribution in [0.5, 0.6) is 11.5 Å². The lowest BCUT2D eigenvalue weighted by molar-refractivity contribution is -0.144. The van der Waals surface area contributed by atoms with Crippen molar-refractivity contribution in [2.45, 2.75) is 13.0 Å². The minimum Gasteiger partial charge on any atom is -0.506 e. The zero-order valence-electron chi connectivity index (χ0n) is 13.4. The fraction of sp³-hybridized carbons (Fsp3) is 0.118. The number of ether oxygens (including phenoxy) is 1. The predicted molar refractivity (Wildman–Crippen MR) is 103 cm³/mol. The van der Waals surface area contributed by atoms with E-state index in [-0.39, 0.29) is 5.75 Å². The number of carbonyl (C=O) groups is 2. The van der Waals surface area contributed by atoms with Crippen molar-refractivity contribution < 1.29 is 24.5 Å². The van der Waals surface area contributed by atoms with Gasteiger partial charge in [0.15, 0.2) is 6.10 Å². The van der Waals surface area contributed by atoms with Gasteiger partial charge in [-0.15, -0.1) is 0 Å². The average Bonchev–Trinajstić information content (AvgIpc) is 2.60. The average molecular weight is 486 g/mol. The molecule has 0 aliphatic rings. The molecule has 0 spiro atoms. The normalized spacial score (nSPS) is 12.0. The van der Waals surface area contributed by atoms with Gasteiger partial charge in [-0.25, -0.2) is 10.2 Å². The van der Waals surface area contributed by atoms with E-state index < -0.39 is 18.0 Å². The molecule has 0 heterocycles. The third-order valence-corrected chi connectivity index (χ3v) is 4.41. The predicted octanol–water partition coefficient (Wildman–Crippen LogP) is 3.53. The third kappa shape index (κ3) is 5.30. The summed E-state index contributed by atoms with van der Waals surface area (Å²) in [5.74, 6) is -1.08. The Kier molecular flexibility index (Phi) is 6.76. The summed E-state index contributed by atoms with van der Waals surface area (Å²) in [6, 6.07) is 9.51. The molecule has 0 fully saturated rings. The van der Waals surface area contributed by atoms with Crippen molar-refractivity contribution >= 4 is 50.0 Å². The number of carbonyl (C=O) groups excluding carboxylic acids is 1. The smallest absolute Gasteiger partial charge is 0.344 e. The molecule has 0 aromatic heterocycles. The number of hydrogen-bond acceptors (Lipinski definition) is 5. The first-order valence-corrected chi connectivity index (χ1v) is 8.87. The highest BCUT2D eigenvalue weighted by Crippen LogP contribution is 2.33. The molecule has 0 aliphatic heterocycles. The Morgan fingerprint density at radius 1 is 1.19 bits per heavy atom. The van der Waals surface area contributed by atoms with Crippen LogP contribution in [0.2, 0.25) is 0 Å². The Morgan fingerprint density at radius 3 is 2.31 bits per heavy atom. The molecule has 3 N–H and O–H groups in total. The van der Waals surface area contributed by atoms with Crippen LogP contribution >= 0.6 is 31.9 Å². The highest BCUT2D eigenvalue weighted by atomic mass is 79.9. The van der Waals surface area contributed by atoms with Crippen LogP contribution < -0.4 is 10.2 Å². The molecule has 0 saturated heterocycles. The molecule has 2 aromatic rings. The maximum Gasteiger partial charge on any atom is 0.344 e. The van der Waals surface area contributed by atoms with Crippen LogP contribution in [-0.4, -0.2) is 34.4 Å². The summed E-state index contributed by atoms with van der Waals surface area (Å²) in [7, 11) is 0. The second kappa shape index (κ2) is 8.81. The number of rotatable bonds is 6. The fourth-order valence-electron chi connectivity index (χ4n) is 1.81. The van der Waals surface area contributed by atoms with E-state index in [0.717, 1.165) is 0 Å². The van der Waals surface area contributed by atoms with Crippen LogP contribution in [0.15, 0.2) is 50.4 Å². The Hall–Kier alpha value is -2.39. The van der Waals surface area contributed by atoms with Gasteiger partial charge in [0.2, 0.25) is 0 Å². The number of aliphatic carboxylic acids is 1. The molecular formula is C17H14Br2N2O5. The summed E-state index contributed by atoms with van der Waals surface area (Å²) in [6.07, 6.45) is 0.491. The molecule has 136 valence electrons. The first-order valence-electron chi connectivity index (χ1n) is 7.29. The minimum absolute atomic E-state index is 0.00424. The number of nitrogens with zero attached hydrogens (tertiary/aromatic N) is 1. The van der Waals surface area contributed by atoms with E-state index in [9.17, 15) is 14.7 Å². The second-order valence-electron chi connectivity index (χ2n) is 5.15. The zero-order valence-corrected chi connectivity index (χ0v) is 16.6. The molecule has 2 aromatic carbocycles. The van der Waals surface area contributed by atoms with Crippen LogP contribution in [-0.2, 0) is 4.79 Å². The van der Waals surface area contributed by atoms with Crippen molar-refractivity contribution in [3.8, 4) is 11.5 Å². The number of carboxylic acids is 1. The van der Waals surface area contributed by atoms with Gasteiger partial charge in [0.25, 0.3) is 5.91 Å². The number of phenolic OH excluding ortho intramolecular Hbond substituents is 1. The van der Waals surface area contributed by atoms with Gasteiger partial charge in [-0.05, 0) is 80.7 Å². The molecule has 0 aliphatic carbocycles. The van der Waals surface area contributed by atoms with E-state index in [1.165, 1.54) is 25.3 Å². The van der Waals surface area contributed by atoms with Crippen molar-refractivity contribution in [2.75, 3.05) is 0 Å². The lowest BCUT2D eigenvalue weighted by atomic mass is 10.2. The molecule has 9 heteroatoms. The Balaban J connectivity index is 1.98. The van der Waals surface area contributed by atoms with Crippen molar-refractivity contribution in [1.82, 2.24) is 5.43 Å². The minimum atomic E-state index is -1.05. The molecule has 26 heavy (non-hydrogen) atoms. The van der Waals surface area contributed by atoms with Gasteiger partial charge < -0.3 is 14.9 Å². The van der Waals surface area contributed by atoms with Crippen molar-refractivity contribution in [3.05, 3.63) is 56.5 Å². The topological polar surface area (TPSA) is 108 Å². The van der Waals surface area contributed by atoms with Gasteiger partial charge in [0, 0.05) is 5.56 Å². The van der Waals surface area contributed by atoms with Gasteiger partial charge in [-0.1, -0.05) is 0 Å². The van der Waals surface area contributed by atoms with Gasteiger partial charge in [-0.2, -0.15) is 5.10 Å². The monoisotopic (exact) mass is 484 g/mol. The highest BCUT2D eigenvalue weighted by molar-refractivity contribution is 9.11. The molecule has 2 rings (SSSR count). The maximum absolute atomic E-state index is 12.1. The quantitative estimate of drug-likeness (QED) is 0.428. The van der Waals surface area contributed by atoms with Crippen molar-refractivity contribution in [3.63, 3.8) is 0 Å². The van der Waals surface area contributed by atoms with Gasteiger partial charge in [0.05, 0.1) is 15.2 Å². The first kappa shape index (κ1) is 19.9. The van der Waals surface area contributed by atoms with Gasteiger partial charge >= 0.3 is 5.97 Å². The van der Waals surface area contributed by atoms with Crippen molar-refractivity contribution in [1.29, 1.82) is 0 Å². The maximum atomic E-state index is 12.1. The number of amides is 1. The van der Waals surface area contributed by atoms with Crippen LogP contribution in [0.4, 0.5) is 0 Å². The summed E-state index contributed by atoms with van der Waals surface area (Å²) in [5, 5.41) is 22.3. The number of carboxylic acid groups (broad SMARTS) is 1. The lowest BCUT2D eigenvalue weighted by Gasteiger charge is -2.09. The van der Waals surface area contributed by atoms with Crippen LogP contribution in [0.25, 0.3) is 0 Å². The standard InChI is InChI=1S/C17H14Br2N2O5/c1-9(17(24)25)26-12-4-2-10(3-5-12)8-20-21-16(23)11-6-13(18)15(22)14(19)7-11/h2-9,22H,1H3,(H,21,23)(H,24,25)/b20-8+. The highest BCUT2D eigenvalue weighted by Gasteiger charge is 2.12. The summed E-state index contributed by atoms with van der Waals surface area (Å²) in [5.41, 5.74) is 3.38. The molecule has 1 atom stereocenters. The Bertz CT molecular complexity index is 830. The summed E-state index contributed by atoms with van der Waals surface area (Å²) >= 11 is 6.31. The van der Waals surface area contributed by atoms with E-state index in [1.54, 1.807) is 24.3 Å². The number of halogens is 2. The summed E-state index contributed by atoms with van der Waals surface area (Å²) in [6.45, 7) is 1.44. The number of hydrogen-bond donors (Lipinski definition) is 3. The number of nitrogens with one attached hydrogen (secondary N) is 1. The van der Waals surface area contributed by atoms with Crippen LogP contribution in [0.3, 0.4) is 0 Å². The summed E-state index contributed by atoms with van der Waals surface area (Å²) in [4.78, 5) is 22.8. The zero-order chi connectivity index (χ0) is 19.3. The lowest BCUT2D eigenvalue weighted by Crippen LogP contribution is -2.22. The third-order valence-electron chi connectivity index (χ3n) is 3.20. The fourth-order valence-corrected chi connectivity index (χ4v) is 3.00. The second-order valence-corrected chi connectivity index (χ2v) is 6.86. The Morgan fingerprint density at radius 2 is 1.77 bits per heavy atom. The number of phenols is 1. The van der Waals surface area contributed by atoms with Gasteiger partial charge in [0.1, 0.15) is 11.5 Å². The molecule has 0 radical (unpaired) electrons. The van der Waals surface area contributed by atoms with E-state index in [1.807, 2.05) is 0 Å². The molecule has 0 bridgehead atoms. The largest absolute Gasteiger partial charge is 0.506 e. The first-order chi connectivity index (χ1) is 12.3. The van der Waals surface area contributed by atoms with Crippen LogP contribution in [0.1, 0.15) is 22.8 Å². The molecule has 0 saturated carbocycles. The molecule has 7 nitrogen and oxygen atoms in total. The summed E-state index contributed by atoms with van der Waals surface area (Å²) < 4.78 is 5.98. The van der Waals surface area contributed by atoms with E-state index in [4.69, 9.17) is 9.84 Å². The number of hydrazone groups is 1. The number of aromatic hydroxyl groups is 1.